The number of anilines is 1. The number of pyridine rings is 1. The van der Waals surface area contributed by atoms with Gasteiger partial charge in [0.2, 0.25) is 0 Å². The highest BCUT2D eigenvalue weighted by atomic mass is 19.1. The average Bonchev–Trinajstić information content (AvgIpc) is 3.50. The maximum absolute atomic E-state index is 17.0. The Morgan fingerprint density at radius 1 is 1.06 bits per heavy atom. The lowest BCUT2D eigenvalue weighted by Crippen LogP contribution is -2.43. The Morgan fingerprint density at radius 3 is 2.77 bits per heavy atom. The number of nitrogens with zero attached hydrogens (tertiary/aromatic N) is 5. The third-order valence-electron chi connectivity index (χ3n) is 9.96. The van der Waals surface area contributed by atoms with E-state index in [1.54, 1.807) is 24.4 Å². The van der Waals surface area contributed by atoms with Gasteiger partial charge in [-0.25, -0.2) is 13.2 Å². The van der Waals surface area contributed by atoms with Crippen molar-refractivity contribution in [3.8, 4) is 23.0 Å². The number of halogens is 3. The van der Waals surface area contributed by atoms with Crippen molar-refractivity contribution >= 4 is 27.5 Å². The number of hydrogen-bond acceptors (Lipinski definition) is 8. The smallest absolute Gasteiger partial charge is 0.319 e. The van der Waals surface area contributed by atoms with Crippen molar-refractivity contribution in [1.82, 2.24) is 19.9 Å². The van der Waals surface area contributed by atoms with Crippen molar-refractivity contribution in [2.24, 2.45) is 0 Å². The number of alkyl halides is 1. The first kappa shape index (κ1) is 31.6. The van der Waals surface area contributed by atoms with Gasteiger partial charge in [0.05, 0.1) is 10.9 Å². The Balaban J connectivity index is 1.38. The molecule has 0 unspecified atom stereocenters. The Bertz CT molecular complexity index is 1840. The molecule has 0 bridgehead atoms. The number of fused-ring (bicyclic) bond motifs is 3. The van der Waals surface area contributed by atoms with E-state index >= 15 is 8.78 Å². The van der Waals surface area contributed by atoms with Crippen LogP contribution in [0.5, 0.6) is 11.8 Å². The molecule has 47 heavy (non-hydrogen) atoms. The summed E-state index contributed by atoms with van der Waals surface area (Å²) in [5, 5.41) is 1.70. The number of hydrogen-bond donors (Lipinski definition) is 0. The minimum Gasteiger partial charge on any atom is -0.468 e. The summed E-state index contributed by atoms with van der Waals surface area (Å²) in [5.74, 6) is -0.0731. The predicted octanol–water partition coefficient (Wildman–Crippen LogP) is 7.17. The van der Waals surface area contributed by atoms with Crippen molar-refractivity contribution in [3.05, 3.63) is 59.8 Å². The van der Waals surface area contributed by atoms with Crippen LogP contribution in [-0.4, -0.2) is 78.3 Å². The molecular weight excluding hydrogens is 607 g/mol. The van der Waals surface area contributed by atoms with E-state index in [0.717, 1.165) is 44.2 Å². The van der Waals surface area contributed by atoms with E-state index in [9.17, 15) is 4.39 Å². The molecule has 0 N–H and O–H groups in total. The van der Waals surface area contributed by atoms with Crippen LogP contribution in [0.4, 0.5) is 19.0 Å². The zero-order valence-electron chi connectivity index (χ0n) is 27.0. The first-order valence-corrected chi connectivity index (χ1v) is 16.5. The molecule has 0 spiro atoms. The molecule has 2 atom stereocenters. The van der Waals surface area contributed by atoms with Crippen LogP contribution in [0.1, 0.15) is 51.0 Å². The molecule has 3 saturated heterocycles. The fourth-order valence-corrected chi connectivity index (χ4v) is 7.66. The Hall–Kier alpha value is -3.96. The summed E-state index contributed by atoms with van der Waals surface area (Å²) in [6.07, 6.45) is 5.87. The minimum absolute atomic E-state index is 0.0119. The van der Waals surface area contributed by atoms with E-state index in [-0.39, 0.29) is 36.4 Å². The Morgan fingerprint density at radius 2 is 1.94 bits per heavy atom. The number of methoxy groups -OCH3 is 1. The topological polar surface area (TPSA) is 72.8 Å². The molecule has 3 aliphatic rings. The van der Waals surface area contributed by atoms with Crippen LogP contribution < -0.4 is 14.4 Å². The standard InChI is InChI=1S/C36H40F3N5O3/c1-4-26-29(38)9-8-23-15-25(47-21-45-3)16-27(30(23)26)32-31(39)33-28(18-40-32)34(43-12-5-7-22(2)10-14-43)42-35(41-33)46-20-36-11-6-13-44(36)19-24(37)17-36/h8-9,15-16,18,24H,2,4-7,10-14,17,19-21H2,1,3H3/t24-,36+/m1/s1. The summed E-state index contributed by atoms with van der Waals surface area (Å²) in [7, 11) is 1.51. The van der Waals surface area contributed by atoms with E-state index in [4.69, 9.17) is 19.2 Å². The number of ether oxygens (including phenoxy) is 3. The minimum atomic E-state index is -0.903. The summed E-state index contributed by atoms with van der Waals surface area (Å²) in [6.45, 7) is 8.85. The normalized spacial score (nSPS) is 21.9. The first-order chi connectivity index (χ1) is 22.8. The van der Waals surface area contributed by atoms with E-state index < -0.39 is 17.5 Å². The second-order valence-corrected chi connectivity index (χ2v) is 13.0. The number of aromatic nitrogens is 3. The molecule has 248 valence electrons. The molecule has 0 radical (unpaired) electrons. The van der Waals surface area contributed by atoms with Gasteiger partial charge in [-0.05, 0) is 79.6 Å². The summed E-state index contributed by atoms with van der Waals surface area (Å²) in [4.78, 5) is 18.4. The van der Waals surface area contributed by atoms with Gasteiger partial charge in [0.1, 0.15) is 41.4 Å². The number of rotatable bonds is 9. The molecule has 3 aliphatic heterocycles. The van der Waals surface area contributed by atoms with Crippen LogP contribution in [0, 0.1) is 11.6 Å². The molecule has 0 aliphatic carbocycles. The van der Waals surface area contributed by atoms with Gasteiger partial charge in [0.25, 0.3) is 0 Å². The fraction of sp³-hybridized carbons (Fsp3) is 0.472. The zero-order chi connectivity index (χ0) is 32.7. The van der Waals surface area contributed by atoms with Crippen molar-refractivity contribution in [2.75, 3.05) is 51.6 Å². The molecule has 0 saturated carbocycles. The van der Waals surface area contributed by atoms with E-state index in [0.29, 0.717) is 71.3 Å². The first-order valence-electron chi connectivity index (χ1n) is 16.5. The fourth-order valence-electron chi connectivity index (χ4n) is 7.66. The average molecular weight is 648 g/mol. The van der Waals surface area contributed by atoms with Crippen LogP contribution in [-0.2, 0) is 11.2 Å². The molecule has 0 amide bonds. The van der Waals surface area contributed by atoms with E-state index in [1.165, 1.54) is 13.2 Å². The third kappa shape index (κ3) is 5.88. The maximum Gasteiger partial charge on any atom is 0.319 e. The van der Waals surface area contributed by atoms with Crippen LogP contribution >= 0.6 is 0 Å². The molecule has 8 nitrogen and oxygen atoms in total. The van der Waals surface area contributed by atoms with Crippen molar-refractivity contribution in [1.29, 1.82) is 0 Å². The SMILES string of the molecule is C=C1CCCN(c2nc(OC[C@@]34CCCN3C[C@H](F)C4)nc3c(F)c(-c4cc(OCOC)cc5ccc(F)c(CC)c45)ncc23)CC1. The van der Waals surface area contributed by atoms with Gasteiger partial charge in [0, 0.05) is 44.9 Å². The van der Waals surface area contributed by atoms with E-state index in [1.807, 2.05) is 6.92 Å². The molecule has 2 aromatic heterocycles. The molecule has 2 aromatic carbocycles. The maximum atomic E-state index is 17.0. The van der Waals surface area contributed by atoms with Crippen LogP contribution in [0.15, 0.2) is 42.6 Å². The lowest BCUT2D eigenvalue weighted by molar-refractivity contribution is 0.0512. The summed E-state index contributed by atoms with van der Waals surface area (Å²) < 4.78 is 63.8. The second kappa shape index (κ2) is 12.9. The van der Waals surface area contributed by atoms with Crippen LogP contribution in [0.3, 0.4) is 0 Å². The quantitative estimate of drug-likeness (QED) is 0.140. The van der Waals surface area contributed by atoms with Gasteiger partial charge in [-0.3, -0.25) is 9.88 Å². The number of aryl methyl sites for hydroxylation is 1. The molecular formula is C36H40F3N5O3. The van der Waals surface area contributed by atoms with Crippen LogP contribution in [0.2, 0.25) is 0 Å². The summed E-state index contributed by atoms with van der Waals surface area (Å²) in [5.41, 5.74) is 1.66. The third-order valence-corrected chi connectivity index (χ3v) is 9.96. The molecule has 7 rings (SSSR count). The van der Waals surface area contributed by atoms with E-state index in [2.05, 4.69) is 26.3 Å². The predicted molar refractivity (Wildman–Crippen MR) is 176 cm³/mol. The highest BCUT2D eigenvalue weighted by molar-refractivity contribution is 6.01. The van der Waals surface area contributed by atoms with Crippen LogP contribution in [0.25, 0.3) is 32.9 Å². The molecule has 4 aromatic rings. The molecule has 5 heterocycles. The van der Waals surface area contributed by atoms with Gasteiger partial charge in [-0.2, -0.15) is 9.97 Å². The largest absolute Gasteiger partial charge is 0.468 e. The highest BCUT2D eigenvalue weighted by Crippen LogP contribution is 2.42. The van der Waals surface area contributed by atoms with Gasteiger partial charge in [0.15, 0.2) is 12.6 Å². The van der Waals surface area contributed by atoms with Crippen molar-refractivity contribution in [2.45, 2.75) is 63.6 Å². The molecule has 3 fully saturated rings. The lowest BCUT2D eigenvalue weighted by atomic mass is 9.94. The zero-order valence-corrected chi connectivity index (χ0v) is 27.0. The van der Waals surface area contributed by atoms with Gasteiger partial charge < -0.3 is 19.1 Å². The van der Waals surface area contributed by atoms with Gasteiger partial charge in [-0.15, -0.1) is 0 Å². The van der Waals surface area contributed by atoms with Gasteiger partial charge in [-0.1, -0.05) is 25.1 Å². The number of benzene rings is 2. The molecule has 11 heteroatoms. The Kier molecular flexibility index (Phi) is 8.69. The summed E-state index contributed by atoms with van der Waals surface area (Å²) in [6, 6.07) is 6.55. The van der Waals surface area contributed by atoms with Crippen molar-refractivity contribution in [3.63, 3.8) is 0 Å². The van der Waals surface area contributed by atoms with Crippen molar-refractivity contribution < 1.29 is 27.4 Å². The monoisotopic (exact) mass is 647 g/mol. The Labute approximate surface area is 272 Å². The highest BCUT2D eigenvalue weighted by Gasteiger charge is 2.49. The second-order valence-electron chi connectivity index (χ2n) is 13.0. The lowest BCUT2D eigenvalue weighted by Gasteiger charge is -2.31. The van der Waals surface area contributed by atoms with Gasteiger partial charge >= 0.3 is 6.01 Å². The summed E-state index contributed by atoms with van der Waals surface area (Å²) >= 11 is 0.